The smallest absolute Gasteiger partial charge is 0.305 e. The number of carboxylic acids is 1. The van der Waals surface area contributed by atoms with E-state index >= 15 is 0 Å². The molecule has 1 aliphatic rings. The van der Waals surface area contributed by atoms with E-state index < -0.39 is 5.97 Å². The van der Waals surface area contributed by atoms with Crippen LogP contribution in [0.4, 0.5) is 4.39 Å². The lowest BCUT2D eigenvalue weighted by molar-refractivity contribution is -0.138. The lowest BCUT2D eigenvalue weighted by Crippen LogP contribution is -2.36. The second kappa shape index (κ2) is 7.38. The van der Waals surface area contributed by atoms with Gasteiger partial charge in [0.05, 0.1) is 19.1 Å². The molecule has 0 spiro atoms. The van der Waals surface area contributed by atoms with E-state index in [1.165, 1.54) is 18.2 Å². The summed E-state index contributed by atoms with van der Waals surface area (Å²) in [7, 11) is 0. The van der Waals surface area contributed by atoms with Crippen LogP contribution in [0.3, 0.4) is 0 Å². The zero-order chi connectivity index (χ0) is 15.2. The molecule has 0 radical (unpaired) electrons. The predicted octanol–water partition coefficient (Wildman–Crippen LogP) is 1.99. The van der Waals surface area contributed by atoms with Crippen LogP contribution in [0, 0.1) is 5.82 Å². The van der Waals surface area contributed by atoms with Crippen LogP contribution in [0.25, 0.3) is 0 Å². The summed E-state index contributed by atoms with van der Waals surface area (Å²) in [5.41, 5.74) is 0.584. The quantitative estimate of drug-likeness (QED) is 0.840. The SMILES string of the molecule is O=C(O)CCOC1CCN(Cc2cc(F)ccc2O)CC1. The zero-order valence-corrected chi connectivity index (χ0v) is 11.8. The lowest BCUT2D eigenvalue weighted by atomic mass is 10.1. The first-order chi connectivity index (χ1) is 10.0. The summed E-state index contributed by atoms with van der Waals surface area (Å²) in [6.07, 6.45) is 1.74. The third-order valence-corrected chi connectivity index (χ3v) is 3.64. The number of phenols is 1. The van der Waals surface area contributed by atoms with E-state index in [1.807, 2.05) is 0 Å². The number of aliphatic carboxylic acids is 1. The molecule has 21 heavy (non-hydrogen) atoms. The molecular weight excluding hydrogens is 277 g/mol. The Morgan fingerprint density at radius 1 is 1.38 bits per heavy atom. The Hall–Kier alpha value is -1.66. The summed E-state index contributed by atoms with van der Waals surface area (Å²) in [6.45, 7) is 2.32. The van der Waals surface area contributed by atoms with Crippen LogP contribution in [-0.4, -0.2) is 46.9 Å². The van der Waals surface area contributed by atoms with Crippen molar-refractivity contribution in [3.8, 4) is 5.75 Å². The number of aromatic hydroxyl groups is 1. The molecule has 1 aliphatic heterocycles. The number of carbonyl (C=O) groups is 1. The third-order valence-electron chi connectivity index (χ3n) is 3.64. The highest BCUT2D eigenvalue weighted by Crippen LogP contribution is 2.22. The number of hydrogen-bond donors (Lipinski definition) is 2. The molecule has 1 aromatic rings. The first-order valence-electron chi connectivity index (χ1n) is 7.08. The molecule has 2 N–H and O–H groups in total. The fraction of sp³-hybridized carbons (Fsp3) is 0.533. The van der Waals surface area contributed by atoms with Crippen molar-refractivity contribution in [2.24, 2.45) is 0 Å². The number of phenolic OH excluding ortho intramolecular Hbond substituents is 1. The summed E-state index contributed by atoms with van der Waals surface area (Å²) in [5, 5.41) is 18.3. The fourth-order valence-corrected chi connectivity index (χ4v) is 2.47. The molecule has 0 saturated carbocycles. The van der Waals surface area contributed by atoms with E-state index in [4.69, 9.17) is 9.84 Å². The van der Waals surface area contributed by atoms with Gasteiger partial charge in [0.25, 0.3) is 0 Å². The van der Waals surface area contributed by atoms with Gasteiger partial charge in [-0.05, 0) is 31.0 Å². The minimum atomic E-state index is -0.853. The summed E-state index contributed by atoms with van der Waals surface area (Å²) in [4.78, 5) is 12.5. The molecule has 2 rings (SSSR count). The number of hydrogen-bond acceptors (Lipinski definition) is 4. The van der Waals surface area contributed by atoms with Crippen LogP contribution in [-0.2, 0) is 16.1 Å². The van der Waals surface area contributed by atoms with Crippen LogP contribution in [0.5, 0.6) is 5.75 Å². The van der Waals surface area contributed by atoms with Gasteiger partial charge in [0.1, 0.15) is 11.6 Å². The lowest BCUT2D eigenvalue weighted by Gasteiger charge is -2.32. The summed E-state index contributed by atoms with van der Waals surface area (Å²) in [5.74, 6) is -1.10. The maximum Gasteiger partial charge on any atom is 0.305 e. The van der Waals surface area contributed by atoms with Crippen molar-refractivity contribution in [2.45, 2.75) is 31.9 Å². The second-order valence-electron chi connectivity index (χ2n) is 5.26. The molecule has 5 nitrogen and oxygen atoms in total. The first-order valence-corrected chi connectivity index (χ1v) is 7.08. The highest BCUT2D eigenvalue weighted by atomic mass is 19.1. The van der Waals surface area contributed by atoms with Crippen LogP contribution in [0.1, 0.15) is 24.8 Å². The number of ether oxygens (including phenoxy) is 1. The maximum atomic E-state index is 13.2. The Labute approximate surface area is 122 Å². The van der Waals surface area contributed by atoms with Crippen molar-refractivity contribution < 1.29 is 24.1 Å². The first kappa shape index (κ1) is 15.7. The fourth-order valence-electron chi connectivity index (χ4n) is 2.47. The summed E-state index contributed by atoms with van der Waals surface area (Å²) < 4.78 is 18.7. The Kier molecular flexibility index (Phi) is 5.52. The van der Waals surface area contributed by atoms with Gasteiger partial charge < -0.3 is 14.9 Å². The molecule has 0 amide bonds. The van der Waals surface area contributed by atoms with Crippen LogP contribution < -0.4 is 0 Å². The Balaban J connectivity index is 1.76. The van der Waals surface area contributed by atoms with Crippen molar-refractivity contribution in [1.29, 1.82) is 0 Å². The average molecular weight is 297 g/mol. The molecular formula is C15H20FNO4. The molecule has 0 bridgehead atoms. The minimum Gasteiger partial charge on any atom is -0.508 e. The van der Waals surface area contributed by atoms with E-state index in [0.717, 1.165) is 25.9 Å². The van der Waals surface area contributed by atoms with Gasteiger partial charge in [0, 0.05) is 25.2 Å². The van der Waals surface area contributed by atoms with E-state index in [9.17, 15) is 14.3 Å². The van der Waals surface area contributed by atoms with E-state index in [0.29, 0.717) is 12.1 Å². The van der Waals surface area contributed by atoms with Crippen molar-refractivity contribution in [3.05, 3.63) is 29.6 Å². The normalized spacial score (nSPS) is 17.0. The molecule has 1 fully saturated rings. The zero-order valence-electron chi connectivity index (χ0n) is 11.8. The number of benzene rings is 1. The van der Waals surface area contributed by atoms with Crippen molar-refractivity contribution >= 4 is 5.97 Å². The topological polar surface area (TPSA) is 70.0 Å². The molecule has 0 unspecified atom stereocenters. The Morgan fingerprint density at radius 2 is 2.10 bits per heavy atom. The number of piperidine rings is 1. The summed E-state index contributed by atoms with van der Waals surface area (Å²) in [6, 6.07) is 3.96. The number of likely N-dealkylation sites (tertiary alicyclic amines) is 1. The van der Waals surface area contributed by atoms with E-state index in [2.05, 4.69) is 4.90 Å². The number of rotatable bonds is 6. The molecule has 1 heterocycles. The second-order valence-corrected chi connectivity index (χ2v) is 5.26. The van der Waals surface area contributed by atoms with Gasteiger partial charge in [0.2, 0.25) is 0 Å². The highest BCUT2D eigenvalue weighted by molar-refractivity contribution is 5.66. The predicted molar refractivity (Wildman–Crippen MR) is 74.6 cm³/mol. The van der Waals surface area contributed by atoms with Gasteiger partial charge in [-0.1, -0.05) is 0 Å². The van der Waals surface area contributed by atoms with Crippen LogP contribution in [0.2, 0.25) is 0 Å². The average Bonchev–Trinajstić information content (AvgIpc) is 2.44. The third kappa shape index (κ3) is 4.99. The van der Waals surface area contributed by atoms with Crippen molar-refractivity contribution in [3.63, 3.8) is 0 Å². The number of nitrogens with zero attached hydrogens (tertiary/aromatic N) is 1. The number of carboxylic acid groups (broad SMARTS) is 1. The van der Waals surface area contributed by atoms with Crippen LogP contribution in [0.15, 0.2) is 18.2 Å². The molecule has 0 atom stereocenters. The van der Waals surface area contributed by atoms with Gasteiger partial charge in [-0.15, -0.1) is 0 Å². The molecule has 0 aromatic heterocycles. The van der Waals surface area contributed by atoms with Gasteiger partial charge in [0.15, 0.2) is 0 Å². The highest BCUT2D eigenvalue weighted by Gasteiger charge is 2.20. The van der Waals surface area contributed by atoms with Gasteiger partial charge >= 0.3 is 5.97 Å². The monoisotopic (exact) mass is 297 g/mol. The minimum absolute atomic E-state index is 0.0252. The largest absolute Gasteiger partial charge is 0.508 e. The van der Waals surface area contributed by atoms with Crippen LogP contribution >= 0.6 is 0 Å². The Morgan fingerprint density at radius 3 is 2.76 bits per heavy atom. The van der Waals surface area contributed by atoms with E-state index in [-0.39, 0.29) is 30.7 Å². The maximum absolute atomic E-state index is 13.2. The summed E-state index contributed by atoms with van der Waals surface area (Å²) >= 11 is 0. The van der Waals surface area contributed by atoms with Gasteiger partial charge in [-0.25, -0.2) is 4.39 Å². The molecule has 1 saturated heterocycles. The molecule has 0 aliphatic carbocycles. The van der Waals surface area contributed by atoms with Gasteiger partial charge in [-0.3, -0.25) is 9.69 Å². The molecule has 1 aromatic carbocycles. The molecule has 116 valence electrons. The van der Waals surface area contributed by atoms with E-state index in [1.54, 1.807) is 0 Å². The van der Waals surface area contributed by atoms with Crippen molar-refractivity contribution in [1.82, 2.24) is 4.90 Å². The molecule has 6 heteroatoms. The van der Waals surface area contributed by atoms with Crippen molar-refractivity contribution in [2.75, 3.05) is 19.7 Å². The number of halogens is 1. The Bertz CT molecular complexity index is 487. The standard InChI is InChI=1S/C15H20FNO4/c16-12-1-2-14(18)11(9-12)10-17-6-3-13(4-7-17)21-8-5-15(19)20/h1-2,9,13,18H,3-8,10H2,(H,19,20). The van der Waals surface area contributed by atoms with Gasteiger partial charge in [-0.2, -0.15) is 0 Å².